The summed E-state index contributed by atoms with van der Waals surface area (Å²) in [7, 11) is -3.54. The summed E-state index contributed by atoms with van der Waals surface area (Å²) in [5.74, 6) is 0. The highest BCUT2D eigenvalue weighted by molar-refractivity contribution is 9.10. The van der Waals surface area contributed by atoms with Gasteiger partial charge in [0.05, 0.1) is 5.69 Å². The molecule has 0 bridgehead atoms. The van der Waals surface area contributed by atoms with Crippen molar-refractivity contribution in [1.82, 2.24) is 0 Å². The van der Waals surface area contributed by atoms with E-state index in [-0.39, 0.29) is 4.21 Å². The SMILES string of the molecule is CCc1cc(Br)ccc1NS(=O)(=O)c1sccc1Br. The van der Waals surface area contributed by atoms with Gasteiger partial charge in [0, 0.05) is 8.95 Å². The molecule has 0 fully saturated rings. The second kappa shape index (κ2) is 5.95. The first-order chi connectivity index (χ1) is 8.94. The first-order valence-electron chi connectivity index (χ1n) is 5.48. The first kappa shape index (κ1) is 15.0. The molecular weight excluding hydrogens is 414 g/mol. The topological polar surface area (TPSA) is 46.2 Å². The van der Waals surface area contributed by atoms with E-state index in [0.29, 0.717) is 10.2 Å². The van der Waals surface area contributed by atoms with Crippen LogP contribution in [0.5, 0.6) is 0 Å². The fourth-order valence-electron chi connectivity index (χ4n) is 1.62. The standard InChI is InChI=1S/C12H11Br2NO2S2/c1-2-8-7-9(13)3-4-11(8)15-19(16,17)12-10(14)5-6-18-12/h3-7,15H,2H2,1H3. The summed E-state index contributed by atoms with van der Waals surface area (Å²) in [5.41, 5.74) is 1.57. The fraction of sp³-hybridized carbons (Fsp3) is 0.167. The van der Waals surface area contributed by atoms with Crippen LogP contribution < -0.4 is 4.72 Å². The predicted octanol–water partition coefficient (Wildman–Crippen LogP) is 4.64. The molecular formula is C12H11Br2NO2S2. The second-order valence-electron chi connectivity index (χ2n) is 3.82. The molecule has 0 spiro atoms. The molecule has 0 unspecified atom stereocenters. The Labute approximate surface area is 133 Å². The van der Waals surface area contributed by atoms with E-state index in [1.54, 1.807) is 17.5 Å². The molecule has 1 aromatic heterocycles. The van der Waals surface area contributed by atoms with E-state index in [1.807, 2.05) is 19.1 Å². The molecule has 0 aliphatic heterocycles. The molecule has 0 saturated heterocycles. The van der Waals surface area contributed by atoms with Crippen LogP contribution in [0.15, 0.2) is 42.8 Å². The number of hydrogen-bond donors (Lipinski definition) is 1. The summed E-state index contributed by atoms with van der Waals surface area (Å²) in [4.78, 5) is 0. The number of anilines is 1. The number of nitrogens with one attached hydrogen (secondary N) is 1. The van der Waals surface area contributed by atoms with Gasteiger partial charge < -0.3 is 0 Å². The van der Waals surface area contributed by atoms with E-state index in [9.17, 15) is 8.42 Å². The van der Waals surface area contributed by atoms with Gasteiger partial charge in [0.2, 0.25) is 0 Å². The largest absolute Gasteiger partial charge is 0.279 e. The Morgan fingerprint density at radius 1 is 1.26 bits per heavy atom. The molecule has 2 rings (SSSR count). The average molecular weight is 425 g/mol. The molecule has 19 heavy (non-hydrogen) atoms. The third-order valence-corrected chi connectivity index (χ3v) is 7.05. The van der Waals surface area contributed by atoms with Crippen LogP contribution in [0.3, 0.4) is 0 Å². The summed E-state index contributed by atoms with van der Waals surface area (Å²) in [5, 5.41) is 1.74. The molecule has 0 saturated carbocycles. The van der Waals surface area contributed by atoms with E-state index in [1.165, 1.54) is 11.3 Å². The van der Waals surface area contributed by atoms with Crippen molar-refractivity contribution in [3.05, 3.63) is 44.2 Å². The quantitative estimate of drug-likeness (QED) is 0.777. The lowest BCUT2D eigenvalue weighted by Crippen LogP contribution is -2.13. The molecule has 0 amide bonds. The van der Waals surface area contributed by atoms with E-state index < -0.39 is 10.0 Å². The normalized spacial score (nSPS) is 11.5. The van der Waals surface area contributed by atoms with E-state index in [0.717, 1.165) is 16.5 Å². The predicted molar refractivity (Wildman–Crippen MR) is 86.3 cm³/mol. The van der Waals surface area contributed by atoms with Gasteiger partial charge >= 0.3 is 0 Å². The van der Waals surface area contributed by atoms with Gasteiger partial charge in [-0.3, -0.25) is 4.72 Å². The molecule has 3 nitrogen and oxygen atoms in total. The van der Waals surface area contributed by atoms with Crippen molar-refractivity contribution in [2.45, 2.75) is 17.6 Å². The lowest BCUT2D eigenvalue weighted by molar-refractivity contribution is 0.602. The Hall–Kier alpha value is -0.370. The minimum atomic E-state index is -3.54. The van der Waals surface area contributed by atoms with Crippen molar-refractivity contribution in [3.63, 3.8) is 0 Å². The maximum atomic E-state index is 12.3. The van der Waals surface area contributed by atoms with Crippen molar-refractivity contribution < 1.29 is 8.42 Å². The number of thiophene rings is 1. The molecule has 0 atom stereocenters. The van der Waals surface area contributed by atoms with Crippen LogP contribution in [0.25, 0.3) is 0 Å². The van der Waals surface area contributed by atoms with Crippen LogP contribution >= 0.6 is 43.2 Å². The molecule has 102 valence electrons. The van der Waals surface area contributed by atoms with Crippen LogP contribution in [0.1, 0.15) is 12.5 Å². The van der Waals surface area contributed by atoms with Crippen LogP contribution in [-0.2, 0) is 16.4 Å². The van der Waals surface area contributed by atoms with Crippen LogP contribution in [0.4, 0.5) is 5.69 Å². The van der Waals surface area contributed by atoms with E-state index in [4.69, 9.17) is 0 Å². The highest BCUT2D eigenvalue weighted by Gasteiger charge is 2.20. The smallest absolute Gasteiger partial charge is 0.272 e. The van der Waals surface area contributed by atoms with E-state index in [2.05, 4.69) is 36.6 Å². The third-order valence-electron chi connectivity index (χ3n) is 2.52. The van der Waals surface area contributed by atoms with Crippen molar-refractivity contribution in [2.75, 3.05) is 4.72 Å². The third kappa shape index (κ3) is 3.39. The van der Waals surface area contributed by atoms with Crippen molar-refractivity contribution in [3.8, 4) is 0 Å². The zero-order valence-electron chi connectivity index (χ0n) is 9.98. The van der Waals surface area contributed by atoms with Gasteiger partial charge in [-0.05, 0) is 57.6 Å². The Balaban J connectivity index is 2.39. The molecule has 0 radical (unpaired) electrons. The Morgan fingerprint density at radius 3 is 2.58 bits per heavy atom. The lowest BCUT2D eigenvalue weighted by atomic mass is 10.1. The summed E-state index contributed by atoms with van der Waals surface area (Å²) >= 11 is 7.82. The molecule has 2 aromatic rings. The second-order valence-corrected chi connectivity index (χ2v) is 8.38. The Morgan fingerprint density at radius 2 is 2.00 bits per heavy atom. The van der Waals surface area contributed by atoms with Crippen LogP contribution in [-0.4, -0.2) is 8.42 Å². The van der Waals surface area contributed by atoms with Crippen molar-refractivity contribution in [2.24, 2.45) is 0 Å². The molecule has 1 aromatic carbocycles. The summed E-state index contributed by atoms with van der Waals surface area (Å²) in [6.07, 6.45) is 0.753. The highest BCUT2D eigenvalue weighted by atomic mass is 79.9. The maximum absolute atomic E-state index is 12.3. The molecule has 0 aliphatic carbocycles. The molecule has 1 heterocycles. The zero-order chi connectivity index (χ0) is 14.0. The average Bonchev–Trinajstić information content (AvgIpc) is 2.78. The number of rotatable bonds is 4. The minimum Gasteiger partial charge on any atom is -0.279 e. The van der Waals surface area contributed by atoms with Gasteiger partial charge in [-0.2, -0.15) is 0 Å². The van der Waals surface area contributed by atoms with Gasteiger partial charge in [0.15, 0.2) is 4.21 Å². The zero-order valence-corrected chi connectivity index (χ0v) is 14.8. The Kier molecular flexibility index (Phi) is 4.70. The lowest BCUT2D eigenvalue weighted by Gasteiger charge is -2.11. The van der Waals surface area contributed by atoms with Gasteiger partial charge in [-0.25, -0.2) is 8.42 Å². The number of sulfonamides is 1. The fourth-order valence-corrected chi connectivity index (χ4v) is 5.47. The number of halogens is 2. The van der Waals surface area contributed by atoms with Gasteiger partial charge in [-0.15, -0.1) is 11.3 Å². The summed E-state index contributed by atoms with van der Waals surface area (Å²) < 4.78 is 29.0. The monoisotopic (exact) mass is 423 g/mol. The van der Waals surface area contributed by atoms with Crippen molar-refractivity contribution >= 4 is 58.9 Å². The molecule has 0 aliphatic rings. The minimum absolute atomic E-state index is 0.289. The van der Waals surface area contributed by atoms with E-state index >= 15 is 0 Å². The van der Waals surface area contributed by atoms with Gasteiger partial charge in [0.25, 0.3) is 10.0 Å². The highest BCUT2D eigenvalue weighted by Crippen LogP contribution is 2.30. The first-order valence-corrected chi connectivity index (χ1v) is 9.43. The Bertz CT molecular complexity index is 696. The maximum Gasteiger partial charge on any atom is 0.272 e. The van der Waals surface area contributed by atoms with Crippen molar-refractivity contribution in [1.29, 1.82) is 0 Å². The number of aryl methyl sites for hydroxylation is 1. The van der Waals surface area contributed by atoms with Gasteiger partial charge in [0.1, 0.15) is 0 Å². The number of benzene rings is 1. The van der Waals surface area contributed by atoms with Gasteiger partial charge in [-0.1, -0.05) is 22.9 Å². The molecule has 1 N–H and O–H groups in total. The number of hydrogen-bond acceptors (Lipinski definition) is 3. The van der Waals surface area contributed by atoms with Crippen LogP contribution in [0.2, 0.25) is 0 Å². The summed E-state index contributed by atoms with van der Waals surface area (Å²) in [6, 6.07) is 7.23. The summed E-state index contributed by atoms with van der Waals surface area (Å²) in [6.45, 7) is 1.99. The van der Waals surface area contributed by atoms with Crippen LogP contribution in [0, 0.1) is 0 Å². The molecule has 7 heteroatoms.